The fourth-order valence-electron chi connectivity index (χ4n) is 5.50. The highest BCUT2D eigenvalue weighted by atomic mass is 32.2. The van der Waals surface area contributed by atoms with Crippen molar-refractivity contribution in [3.8, 4) is 0 Å². The number of ketones is 1. The summed E-state index contributed by atoms with van der Waals surface area (Å²) in [6, 6.07) is 22.1. The van der Waals surface area contributed by atoms with Crippen LogP contribution in [0.25, 0.3) is 11.6 Å². The molecule has 1 fully saturated rings. The molecule has 0 bridgehead atoms. The fourth-order valence-corrected chi connectivity index (χ4v) is 7.85. The Morgan fingerprint density at radius 2 is 1.79 bits per heavy atom. The van der Waals surface area contributed by atoms with E-state index in [1.54, 1.807) is 29.7 Å². The second kappa shape index (κ2) is 11.9. The van der Waals surface area contributed by atoms with Crippen molar-refractivity contribution in [2.75, 3.05) is 18.5 Å². The quantitative estimate of drug-likeness (QED) is 0.104. The van der Waals surface area contributed by atoms with Crippen molar-refractivity contribution in [3.63, 3.8) is 0 Å². The third-order valence-electron chi connectivity index (χ3n) is 7.58. The maximum absolute atomic E-state index is 13.5. The van der Waals surface area contributed by atoms with Crippen molar-refractivity contribution in [1.29, 1.82) is 0 Å². The maximum atomic E-state index is 13.5. The van der Waals surface area contributed by atoms with Gasteiger partial charge in [-0.15, -0.1) is 0 Å². The molecule has 9 heteroatoms. The number of likely N-dealkylation sites (N-methyl/N-ethyl adjacent to an activating group) is 1. The first-order valence-corrected chi connectivity index (χ1v) is 15.8. The minimum atomic E-state index is -0.918. The van der Waals surface area contributed by atoms with Crippen LogP contribution in [0.1, 0.15) is 42.9 Å². The largest absolute Gasteiger partial charge is 0.465 e. The van der Waals surface area contributed by atoms with Crippen molar-refractivity contribution in [2.24, 2.45) is 5.92 Å². The summed E-state index contributed by atoms with van der Waals surface area (Å²) in [5, 5.41) is 3.52. The summed E-state index contributed by atoms with van der Waals surface area (Å²) >= 11 is 8.34. The normalized spacial score (nSPS) is 20.6. The van der Waals surface area contributed by atoms with Crippen LogP contribution in [-0.4, -0.2) is 40.0 Å². The average molecular weight is 613 g/mol. The third kappa shape index (κ3) is 5.44. The smallest absolute Gasteiger partial charge is 0.317 e. The van der Waals surface area contributed by atoms with Gasteiger partial charge in [0.25, 0.3) is 5.91 Å². The van der Waals surface area contributed by atoms with Crippen molar-refractivity contribution in [1.82, 2.24) is 4.90 Å². The van der Waals surface area contributed by atoms with Gasteiger partial charge < -0.3 is 10.1 Å². The van der Waals surface area contributed by atoms with E-state index in [0.717, 1.165) is 38.5 Å². The molecule has 2 aliphatic heterocycles. The summed E-state index contributed by atoms with van der Waals surface area (Å²) in [6.45, 7) is 4.38. The van der Waals surface area contributed by atoms with E-state index >= 15 is 0 Å². The van der Waals surface area contributed by atoms with E-state index in [9.17, 15) is 14.4 Å². The van der Waals surface area contributed by atoms with E-state index < -0.39 is 11.9 Å². The molecular weight excluding hydrogens is 585 g/mol. The molecule has 1 saturated heterocycles. The molecule has 0 aromatic heterocycles. The number of thiocarbonyl (C=S) groups is 1. The van der Waals surface area contributed by atoms with E-state index in [2.05, 4.69) is 29.6 Å². The van der Waals surface area contributed by atoms with Crippen LogP contribution >= 0.6 is 35.7 Å². The van der Waals surface area contributed by atoms with Crippen molar-refractivity contribution >= 4 is 80.7 Å². The lowest BCUT2D eigenvalue weighted by molar-refractivity contribution is -0.151. The topological polar surface area (TPSA) is 75.7 Å². The van der Waals surface area contributed by atoms with E-state index in [0.29, 0.717) is 22.2 Å². The number of benzene rings is 3. The number of nitrogens with zero attached hydrogens (tertiary/aromatic N) is 1. The van der Waals surface area contributed by atoms with Crippen molar-refractivity contribution in [2.45, 2.75) is 36.0 Å². The van der Waals surface area contributed by atoms with Gasteiger partial charge in [-0.1, -0.05) is 78.2 Å². The molecule has 2 heterocycles. The first-order valence-electron chi connectivity index (χ1n) is 13.8. The van der Waals surface area contributed by atoms with Crippen molar-refractivity contribution in [3.05, 3.63) is 94.4 Å². The average Bonchev–Trinajstić information content (AvgIpc) is 3.26. The number of rotatable bonds is 6. The van der Waals surface area contributed by atoms with Gasteiger partial charge in [0.1, 0.15) is 10.2 Å². The lowest BCUT2D eigenvalue weighted by atomic mass is 9.73. The number of anilines is 2. The van der Waals surface area contributed by atoms with Gasteiger partial charge in [-0.3, -0.25) is 19.3 Å². The summed E-state index contributed by atoms with van der Waals surface area (Å²) < 4.78 is 5.90. The summed E-state index contributed by atoms with van der Waals surface area (Å²) in [5.41, 5.74) is 5.58. The molecule has 212 valence electrons. The highest BCUT2D eigenvalue weighted by molar-refractivity contribution is 8.26. The van der Waals surface area contributed by atoms with Gasteiger partial charge in [-0.25, -0.2) is 0 Å². The standard InChI is InChI=1S/C33H28N2O4S3/c1-3-35-31(37)29(42-33(35)40)15-19-9-11-20(12-10-19)23-16-22(18-26(36)30(23)32(38)39-4-2)21-13-14-28-25(17-21)34-24-7-5-6-8-27(24)41-28/h5-15,17-18,23,30,34H,3-4,16H2,1-2H3/b29-15+. The Morgan fingerprint density at radius 1 is 1.02 bits per heavy atom. The lowest BCUT2D eigenvalue weighted by Gasteiger charge is -2.30. The number of ether oxygens (including phenoxy) is 1. The highest BCUT2D eigenvalue weighted by Crippen LogP contribution is 2.46. The molecule has 3 aliphatic rings. The summed E-state index contributed by atoms with van der Waals surface area (Å²) in [6.07, 6.45) is 3.94. The van der Waals surface area contributed by atoms with Gasteiger partial charge in [0.15, 0.2) is 5.78 Å². The summed E-state index contributed by atoms with van der Waals surface area (Å²) in [4.78, 5) is 43.6. The van der Waals surface area contributed by atoms with E-state index in [1.807, 2.05) is 55.5 Å². The SMILES string of the molecule is CCOC(=O)C1C(=O)C=C(c2ccc3c(c2)Nc2ccccc2S3)CC1c1ccc(/C=C2/SC(=S)N(CC)C2=O)cc1. The van der Waals surface area contributed by atoms with Crippen molar-refractivity contribution < 1.29 is 19.1 Å². The molecule has 6 rings (SSSR count). The first-order chi connectivity index (χ1) is 20.4. The number of para-hydroxylation sites is 1. The number of carbonyl (C=O) groups excluding carboxylic acids is 3. The molecular formula is C33H28N2O4S3. The molecule has 0 saturated carbocycles. The molecule has 1 amide bonds. The number of allylic oxidation sites excluding steroid dienone is 2. The zero-order chi connectivity index (χ0) is 29.4. The van der Waals surface area contributed by atoms with Gasteiger partial charge in [0.05, 0.1) is 22.9 Å². The Bertz CT molecular complexity index is 1680. The zero-order valence-electron chi connectivity index (χ0n) is 23.1. The van der Waals surface area contributed by atoms with E-state index in [-0.39, 0.29) is 24.2 Å². The van der Waals surface area contributed by atoms with Crippen LogP contribution in [0.2, 0.25) is 0 Å². The zero-order valence-corrected chi connectivity index (χ0v) is 25.5. The Hall–Kier alpha value is -3.66. The minimum Gasteiger partial charge on any atom is -0.465 e. The second-order valence-electron chi connectivity index (χ2n) is 10.1. The van der Waals surface area contributed by atoms with Gasteiger partial charge in [-0.05, 0) is 78.9 Å². The van der Waals surface area contributed by atoms with Crippen LogP contribution < -0.4 is 5.32 Å². The fraction of sp³-hybridized carbons (Fsp3) is 0.212. The summed E-state index contributed by atoms with van der Waals surface area (Å²) in [5.74, 6) is -2.15. The van der Waals surface area contributed by atoms with Crippen LogP contribution in [0.3, 0.4) is 0 Å². The second-order valence-corrected chi connectivity index (χ2v) is 12.9. The Balaban J connectivity index is 1.29. The minimum absolute atomic E-state index is 0.0898. The molecule has 3 aromatic carbocycles. The maximum Gasteiger partial charge on any atom is 0.317 e. The Labute approximate surface area is 258 Å². The third-order valence-corrected chi connectivity index (χ3v) is 10.1. The molecule has 2 atom stereocenters. The number of thioether (sulfide) groups is 1. The summed E-state index contributed by atoms with van der Waals surface area (Å²) in [7, 11) is 0. The first kappa shape index (κ1) is 28.5. The Kier molecular flexibility index (Phi) is 8.07. The molecule has 2 unspecified atom stereocenters. The van der Waals surface area contributed by atoms with Crippen LogP contribution in [0.4, 0.5) is 11.4 Å². The lowest BCUT2D eigenvalue weighted by Crippen LogP contribution is -2.34. The molecule has 3 aromatic rings. The molecule has 0 spiro atoms. The number of fused-ring (bicyclic) bond motifs is 2. The number of nitrogens with one attached hydrogen (secondary N) is 1. The predicted molar refractivity (Wildman–Crippen MR) is 173 cm³/mol. The van der Waals surface area contributed by atoms with Crippen LogP contribution in [-0.2, 0) is 19.1 Å². The van der Waals surface area contributed by atoms with Gasteiger partial charge in [0, 0.05) is 22.3 Å². The molecule has 1 aliphatic carbocycles. The van der Waals surface area contributed by atoms with E-state index in [1.165, 1.54) is 16.7 Å². The number of esters is 1. The molecule has 6 nitrogen and oxygen atoms in total. The Morgan fingerprint density at radius 3 is 2.52 bits per heavy atom. The monoisotopic (exact) mass is 612 g/mol. The van der Waals surface area contributed by atoms with Crippen LogP contribution in [0.5, 0.6) is 0 Å². The van der Waals surface area contributed by atoms with E-state index in [4.69, 9.17) is 17.0 Å². The predicted octanol–water partition coefficient (Wildman–Crippen LogP) is 7.44. The molecule has 1 N–H and O–H groups in total. The van der Waals surface area contributed by atoms with Gasteiger partial charge >= 0.3 is 5.97 Å². The number of hydrogen-bond acceptors (Lipinski definition) is 8. The number of carbonyl (C=O) groups is 3. The van der Waals surface area contributed by atoms with Gasteiger partial charge in [-0.2, -0.15) is 0 Å². The van der Waals surface area contributed by atoms with Crippen LogP contribution in [0.15, 0.2) is 87.5 Å². The number of amides is 1. The molecule has 0 radical (unpaired) electrons. The van der Waals surface area contributed by atoms with Crippen LogP contribution in [0, 0.1) is 5.92 Å². The molecule has 42 heavy (non-hydrogen) atoms. The number of hydrogen-bond donors (Lipinski definition) is 1. The van der Waals surface area contributed by atoms with Gasteiger partial charge in [0.2, 0.25) is 0 Å². The highest BCUT2D eigenvalue weighted by Gasteiger charge is 2.40.